The summed E-state index contributed by atoms with van der Waals surface area (Å²) in [6, 6.07) is 4.62. The van der Waals surface area contributed by atoms with Gasteiger partial charge in [0.25, 0.3) is 0 Å². The van der Waals surface area contributed by atoms with Crippen LogP contribution in [0.5, 0.6) is 0 Å². The summed E-state index contributed by atoms with van der Waals surface area (Å²) in [5, 5.41) is 3.51. The summed E-state index contributed by atoms with van der Waals surface area (Å²) in [6.45, 7) is 4.47. The molecule has 1 atom stereocenters. The second-order valence-corrected chi connectivity index (χ2v) is 5.05. The van der Waals surface area contributed by atoms with Crippen molar-refractivity contribution in [2.75, 3.05) is 5.32 Å². The Morgan fingerprint density at radius 1 is 1.25 bits per heavy atom. The summed E-state index contributed by atoms with van der Waals surface area (Å²) < 4.78 is 1.03. The summed E-state index contributed by atoms with van der Waals surface area (Å²) >= 11 is 3.39. The van der Waals surface area contributed by atoms with Gasteiger partial charge in [-0.1, -0.05) is 33.1 Å². The molecular weight excluding hydrogens is 264 g/mol. The lowest BCUT2D eigenvalue weighted by Gasteiger charge is -2.18. The first kappa shape index (κ1) is 13.5. The van der Waals surface area contributed by atoms with E-state index in [1.165, 1.54) is 32.1 Å². The third-order valence-electron chi connectivity index (χ3n) is 2.62. The van der Waals surface area contributed by atoms with Crippen LogP contribution < -0.4 is 5.32 Å². The van der Waals surface area contributed by atoms with Gasteiger partial charge in [-0.05, 0) is 40.9 Å². The standard InChI is InChI=1S/C13H21BrN2/c1-3-5-7-12(6-4-2)16-13-9-8-11(14)10-15-13/h8-10,12H,3-7H2,1-2H3,(H,15,16). The highest BCUT2D eigenvalue weighted by atomic mass is 79.9. The number of hydrogen-bond donors (Lipinski definition) is 1. The molecule has 3 heteroatoms. The first-order valence-electron chi connectivity index (χ1n) is 6.14. The minimum atomic E-state index is 0.568. The van der Waals surface area contributed by atoms with Crippen LogP contribution in [0.15, 0.2) is 22.8 Å². The number of rotatable bonds is 7. The summed E-state index contributed by atoms with van der Waals surface area (Å²) in [6.07, 6.45) is 8.06. The fraction of sp³-hybridized carbons (Fsp3) is 0.615. The van der Waals surface area contributed by atoms with Crippen LogP contribution in [0.4, 0.5) is 5.82 Å². The molecule has 90 valence electrons. The Morgan fingerprint density at radius 2 is 2.06 bits per heavy atom. The normalized spacial score (nSPS) is 12.4. The van der Waals surface area contributed by atoms with Crippen molar-refractivity contribution in [3.8, 4) is 0 Å². The number of anilines is 1. The van der Waals surface area contributed by atoms with Crippen molar-refractivity contribution in [2.45, 2.75) is 52.0 Å². The van der Waals surface area contributed by atoms with Crippen molar-refractivity contribution >= 4 is 21.7 Å². The zero-order chi connectivity index (χ0) is 11.8. The summed E-state index contributed by atoms with van der Waals surface area (Å²) in [4.78, 5) is 4.35. The molecule has 0 aliphatic heterocycles. The topological polar surface area (TPSA) is 24.9 Å². The smallest absolute Gasteiger partial charge is 0.126 e. The average molecular weight is 285 g/mol. The van der Waals surface area contributed by atoms with Crippen molar-refractivity contribution in [1.82, 2.24) is 4.98 Å². The molecule has 0 spiro atoms. The minimum absolute atomic E-state index is 0.568. The molecule has 2 nitrogen and oxygen atoms in total. The van der Waals surface area contributed by atoms with E-state index in [1.54, 1.807) is 0 Å². The summed E-state index contributed by atoms with van der Waals surface area (Å²) in [5.41, 5.74) is 0. The van der Waals surface area contributed by atoms with Gasteiger partial charge in [-0.3, -0.25) is 0 Å². The molecule has 1 aromatic heterocycles. The quantitative estimate of drug-likeness (QED) is 0.791. The zero-order valence-corrected chi connectivity index (χ0v) is 11.8. The van der Waals surface area contributed by atoms with E-state index in [2.05, 4.69) is 40.1 Å². The molecule has 1 aromatic rings. The molecule has 0 aliphatic carbocycles. The Morgan fingerprint density at radius 3 is 2.62 bits per heavy atom. The van der Waals surface area contributed by atoms with Gasteiger partial charge in [0.1, 0.15) is 5.82 Å². The molecule has 0 saturated heterocycles. The second kappa shape index (κ2) is 7.66. The molecule has 0 saturated carbocycles. The fourth-order valence-corrected chi connectivity index (χ4v) is 1.99. The number of nitrogens with zero attached hydrogens (tertiary/aromatic N) is 1. The van der Waals surface area contributed by atoms with Crippen molar-refractivity contribution in [1.29, 1.82) is 0 Å². The van der Waals surface area contributed by atoms with E-state index in [9.17, 15) is 0 Å². The van der Waals surface area contributed by atoms with E-state index in [-0.39, 0.29) is 0 Å². The van der Waals surface area contributed by atoms with Crippen molar-refractivity contribution in [3.05, 3.63) is 22.8 Å². The Labute approximate surface area is 107 Å². The van der Waals surface area contributed by atoms with Gasteiger partial charge in [0.15, 0.2) is 0 Å². The second-order valence-electron chi connectivity index (χ2n) is 4.13. The molecule has 1 unspecified atom stereocenters. The van der Waals surface area contributed by atoms with Gasteiger partial charge in [0.05, 0.1) is 0 Å². The molecular formula is C13H21BrN2. The third kappa shape index (κ3) is 4.97. The van der Waals surface area contributed by atoms with Gasteiger partial charge in [0.2, 0.25) is 0 Å². The zero-order valence-electron chi connectivity index (χ0n) is 10.2. The molecule has 0 fully saturated rings. The highest BCUT2D eigenvalue weighted by molar-refractivity contribution is 9.10. The van der Waals surface area contributed by atoms with Crippen LogP contribution in [-0.2, 0) is 0 Å². The van der Waals surface area contributed by atoms with E-state index < -0.39 is 0 Å². The summed E-state index contributed by atoms with van der Waals surface area (Å²) in [5.74, 6) is 0.984. The molecule has 0 aromatic carbocycles. The largest absolute Gasteiger partial charge is 0.367 e. The van der Waals surface area contributed by atoms with Crippen molar-refractivity contribution < 1.29 is 0 Å². The third-order valence-corrected chi connectivity index (χ3v) is 3.09. The lowest BCUT2D eigenvalue weighted by Crippen LogP contribution is -2.19. The molecule has 0 radical (unpaired) electrons. The fourth-order valence-electron chi connectivity index (χ4n) is 1.76. The van der Waals surface area contributed by atoms with Gasteiger partial charge in [-0.2, -0.15) is 0 Å². The Hall–Kier alpha value is -0.570. The van der Waals surface area contributed by atoms with Crippen molar-refractivity contribution in [3.63, 3.8) is 0 Å². The van der Waals surface area contributed by atoms with Crippen LogP contribution in [-0.4, -0.2) is 11.0 Å². The van der Waals surface area contributed by atoms with E-state index in [4.69, 9.17) is 0 Å². The maximum atomic E-state index is 4.35. The lowest BCUT2D eigenvalue weighted by atomic mass is 10.1. The Balaban J connectivity index is 2.49. The monoisotopic (exact) mass is 284 g/mol. The van der Waals surface area contributed by atoms with E-state index >= 15 is 0 Å². The maximum Gasteiger partial charge on any atom is 0.126 e. The van der Waals surface area contributed by atoms with Gasteiger partial charge in [0, 0.05) is 16.7 Å². The number of nitrogens with one attached hydrogen (secondary N) is 1. The van der Waals surface area contributed by atoms with E-state index in [1.807, 2.05) is 18.3 Å². The molecule has 16 heavy (non-hydrogen) atoms. The van der Waals surface area contributed by atoms with Crippen LogP contribution >= 0.6 is 15.9 Å². The van der Waals surface area contributed by atoms with Crippen LogP contribution in [0, 0.1) is 0 Å². The molecule has 1 N–H and O–H groups in total. The molecule has 0 aliphatic rings. The summed E-state index contributed by atoms with van der Waals surface area (Å²) in [7, 11) is 0. The number of hydrogen-bond acceptors (Lipinski definition) is 2. The maximum absolute atomic E-state index is 4.35. The number of pyridine rings is 1. The van der Waals surface area contributed by atoms with Crippen molar-refractivity contribution in [2.24, 2.45) is 0 Å². The van der Waals surface area contributed by atoms with E-state index in [0.717, 1.165) is 10.3 Å². The average Bonchev–Trinajstić information content (AvgIpc) is 2.29. The molecule has 1 rings (SSSR count). The number of aromatic nitrogens is 1. The Bertz CT molecular complexity index is 284. The first-order valence-corrected chi connectivity index (χ1v) is 6.93. The Kier molecular flexibility index (Phi) is 6.46. The lowest BCUT2D eigenvalue weighted by molar-refractivity contribution is 0.563. The van der Waals surface area contributed by atoms with Crippen LogP contribution in [0.3, 0.4) is 0 Å². The van der Waals surface area contributed by atoms with Gasteiger partial charge < -0.3 is 5.32 Å². The van der Waals surface area contributed by atoms with Crippen LogP contribution in [0.25, 0.3) is 0 Å². The van der Waals surface area contributed by atoms with E-state index in [0.29, 0.717) is 6.04 Å². The number of unbranched alkanes of at least 4 members (excludes halogenated alkanes) is 1. The number of halogens is 1. The molecule has 1 heterocycles. The van der Waals surface area contributed by atoms with Crippen LogP contribution in [0.1, 0.15) is 46.0 Å². The first-order chi connectivity index (χ1) is 7.76. The predicted octanol–water partition coefficient (Wildman–Crippen LogP) is 4.61. The van der Waals surface area contributed by atoms with Gasteiger partial charge >= 0.3 is 0 Å². The highest BCUT2D eigenvalue weighted by Crippen LogP contribution is 2.15. The van der Waals surface area contributed by atoms with Gasteiger partial charge in [-0.25, -0.2) is 4.98 Å². The SMILES string of the molecule is CCCCC(CCC)Nc1ccc(Br)cn1. The minimum Gasteiger partial charge on any atom is -0.367 e. The predicted molar refractivity (Wildman–Crippen MR) is 73.8 cm³/mol. The molecule has 0 amide bonds. The van der Waals surface area contributed by atoms with Crippen LogP contribution in [0.2, 0.25) is 0 Å². The van der Waals surface area contributed by atoms with Gasteiger partial charge in [-0.15, -0.1) is 0 Å². The molecule has 0 bridgehead atoms. The highest BCUT2D eigenvalue weighted by Gasteiger charge is 2.07.